The molecule has 1 N–H and O–H groups in total. The Labute approximate surface area is 123 Å². The molecule has 0 aliphatic carbocycles. The molecule has 1 atom stereocenters. The van der Waals surface area contributed by atoms with Gasteiger partial charge >= 0.3 is 0 Å². The minimum absolute atomic E-state index is 0.260. The molecule has 106 valence electrons. The highest BCUT2D eigenvalue weighted by Gasteiger charge is 2.23. The Hall–Kier alpha value is -2.19. The predicted octanol–water partition coefficient (Wildman–Crippen LogP) is 4.43. The van der Waals surface area contributed by atoms with Crippen LogP contribution in [0.5, 0.6) is 0 Å². The van der Waals surface area contributed by atoms with Crippen LogP contribution in [0.25, 0.3) is 10.8 Å². The third kappa shape index (κ3) is 2.96. The summed E-state index contributed by atoms with van der Waals surface area (Å²) in [5.74, 6) is -0.260. The highest BCUT2D eigenvalue weighted by molar-refractivity contribution is 5.83. The molecule has 1 nitrogen and oxygen atoms in total. The molecular formula is C19H17FO. The second kappa shape index (κ2) is 5.30. The van der Waals surface area contributed by atoms with Crippen LogP contribution in [0, 0.1) is 5.82 Å². The molecule has 0 aliphatic rings. The van der Waals surface area contributed by atoms with E-state index in [2.05, 4.69) is 0 Å². The monoisotopic (exact) mass is 280 g/mol. The molecule has 0 spiro atoms. The van der Waals surface area contributed by atoms with Crippen molar-refractivity contribution in [2.75, 3.05) is 0 Å². The number of halogens is 1. The van der Waals surface area contributed by atoms with Crippen LogP contribution in [0.3, 0.4) is 0 Å². The van der Waals surface area contributed by atoms with E-state index in [9.17, 15) is 9.50 Å². The Balaban J connectivity index is 1.93. The van der Waals surface area contributed by atoms with Gasteiger partial charge in [0, 0.05) is 6.42 Å². The number of benzene rings is 3. The molecule has 3 aromatic carbocycles. The highest BCUT2D eigenvalue weighted by Crippen LogP contribution is 2.28. The number of aliphatic hydroxyl groups is 1. The van der Waals surface area contributed by atoms with Gasteiger partial charge < -0.3 is 5.11 Å². The summed E-state index contributed by atoms with van der Waals surface area (Å²) in [5, 5.41) is 13.0. The van der Waals surface area contributed by atoms with Crippen molar-refractivity contribution in [3.05, 3.63) is 83.7 Å². The van der Waals surface area contributed by atoms with Crippen LogP contribution in [-0.4, -0.2) is 5.11 Å². The van der Waals surface area contributed by atoms with Crippen molar-refractivity contribution in [1.29, 1.82) is 0 Å². The number of hydrogen-bond donors (Lipinski definition) is 1. The summed E-state index contributed by atoms with van der Waals surface area (Å²) < 4.78 is 13.0. The lowest BCUT2D eigenvalue weighted by atomic mass is 9.88. The highest BCUT2D eigenvalue weighted by atomic mass is 19.1. The van der Waals surface area contributed by atoms with E-state index in [1.165, 1.54) is 12.1 Å². The van der Waals surface area contributed by atoms with E-state index in [0.717, 1.165) is 21.9 Å². The zero-order chi connectivity index (χ0) is 14.9. The van der Waals surface area contributed by atoms with E-state index in [4.69, 9.17) is 0 Å². The average Bonchev–Trinajstić information content (AvgIpc) is 2.49. The lowest BCUT2D eigenvalue weighted by Gasteiger charge is -2.24. The summed E-state index contributed by atoms with van der Waals surface area (Å²) in [4.78, 5) is 0. The summed E-state index contributed by atoms with van der Waals surface area (Å²) in [5.41, 5.74) is 0.794. The Kier molecular flexibility index (Phi) is 3.48. The molecule has 21 heavy (non-hydrogen) atoms. The SMILES string of the molecule is CC(O)(Cc1ccc(F)cc1)c1ccc2ccccc2c1. The maximum atomic E-state index is 13.0. The van der Waals surface area contributed by atoms with Gasteiger partial charge in [0.05, 0.1) is 5.60 Å². The van der Waals surface area contributed by atoms with E-state index in [-0.39, 0.29) is 5.82 Å². The Morgan fingerprint density at radius 2 is 1.57 bits per heavy atom. The first kappa shape index (κ1) is 13.8. The minimum atomic E-state index is -0.984. The van der Waals surface area contributed by atoms with Gasteiger partial charge in [-0.05, 0) is 47.0 Å². The fourth-order valence-electron chi connectivity index (χ4n) is 2.63. The van der Waals surface area contributed by atoms with Gasteiger partial charge in [-0.1, -0.05) is 48.5 Å². The minimum Gasteiger partial charge on any atom is -0.385 e. The lowest BCUT2D eigenvalue weighted by molar-refractivity contribution is 0.0577. The Morgan fingerprint density at radius 1 is 0.905 bits per heavy atom. The number of rotatable bonds is 3. The Bertz CT molecular complexity index is 760. The molecule has 3 rings (SSSR count). The third-order valence-corrected chi connectivity index (χ3v) is 3.83. The quantitative estimate of drug-likeness (QED) is 0.752. The van der Waals surface area contributed by atoms with Gasteiger partial charge in [0.2, 0.25) is 0 Å². The van der Waals surface area contributed by atoms with Crippen molar-refractivity contribution >= 4 is 10.8 Å². The summed E-state index contributed by atoms with van der Waals surface area (Å²) in [7, 11) is 0. The Morgan fingerprint density at radius 3 is 2.29 bits per heavy atom. The van der Waals surface area contributed by atoms with Crippen molar-refractivity contribution in [2.45, 2.75) is 18.9 Å². The van der Waals surface area contributed by atoms with E-state index < -0.39 is 5.60 Å². The molecule has 0 aliphatic heterocycles. The molecule has 0 aromatic heterocycles. The van der Waals surface area contributed by atoms with E-state index in [1.807, 2.05) is 42.5 Å². The van der Waals surface area contributed by atoms with Crippen LogP contribution in [-0.2, 0) is 12.0 Å². The smallest absolute Gasteiger partial charge is 0.123 e. The number of hydrogen-bond acceptors (Lipinski definition) is 1. The van der Waals surface area contributed by atoms with Crippen LogP contribution in [0.2, 0.25) is 0 Å². The van der Waals surface area contributed by atoms with Crippen LogP contribution >= 0.6 is 0 Å². The van der Waals surface area contributed by atoms with Crippen molar-refractivity contribution in [1.82, 2.24) is 0 Å². The molecule has 0 heterocycles. The molecule has 0 bridgehead atoms. The van der Waals surface area contributed by atoms with E-state index in [1.54, 1.807) is 19.1 Å². The predicted molar refractivity (Wildman–Crippen MR) is 83.6 cm³/mol. The molecule has 0 radical (unpaired) electrons. The maximum Gasteiger partial charge on any atom is 0.123 e. The van der Waals surface area contributed by atoms with E-state index >= 15 is 0 Å². The third-order valence-electron chi connectivity index (χ3n) is 3.83. The first-order chi connectivity index (χ1) is 10.0. The van der Waals surface area contributed by atoms with E-state index in [0.29, 0.717) is 6.42 Å². The van der Waals surface area contributed by atoms with Gasteiger partial charge in [-0.25, -0.2) is 4.39 Å². The van der Waals surface area contributed by atoms with Crippen molar-refractivity contribution in [3.63, 3.8) is 0 Å². The normalized spacial score (nSPS) is 14.0. The second-order valence-corrected chi connectivity index (χ2v) is 5.64. The van der Waals surface area contributed by atoms with Crippen LogP contribution in [0.15, 0.2) is 66.7 Å². The van der Waals surface area contributed by atoms with Crippen LogP contribution < -0.4 is 0 Å². The molecule has 0 amide bonds. The number of fused-ring (bicyclic) bond motifs is 1. The van der Waals surface area contributed by atoms with Crippen molar-refractivity contribution in [2.24, 2.45) is 0 Å². The van der Waals surface area contributed by atoms with Crippen LogP contribution in [0.4, 0.5) is 4.39 Å². The molecule has 0 saturated heterocycles. The van der Waals surface area contributed by atoms with Crippen molar-refractivity contribution in [3.8, 4) is 0 Å². The summed E-state index contributed by atoms with van der Waals surface area (Å²) >= 11 is 0. The largest absolute Gasteiger partial charge is 0.385 e. The zero-order valence-corrected chi connectivity index (χ0v) is 11.9. The fraction of sp³-hybridized carbons (Fsp3) is 0.158. The molecule has 0 fully saturated rings. The van der Waals surface area contributed by atoms with Gasteiger partial charge in [-0.2, -0.15) is 0 Å². The van der Waals surface area contributed by atoms with Gasteiger partial charge in [0.15, 0.2) is 0 Å². The maximum absolute atomic E-state index is 13.0. The fourth-order valence-corrected chi connectivity index (χ4v) is 2.63. The van der Waals surface area contributed by atoms with Gasteiger partial charge in [0.25, 0.3) is 0 Å². The average molecular weight is 280 g/mol. The molecule has 3 aromatic rings. The topological polar surface area (TPSA) is 20.2 Å². The standard InChI is InChI=1S/C19H17FO/c1-19(21,13-14-6-10-18(20)11-7-14)17-9-8-15-4-2-3-5-16(15)12-17/h2-12,21H,13H2,1H3. The summed E-state index contributed by atoms with van der Waals surface area (Å²) in [6, 6.07) is 20.3. The van der Waals surface area contributed by atoms with Gasteiger partial charge in [-0.3, -0.25) is 0 Å². The second-order valence-electron chi connectivity index (χ2n) is 5.64. The first-order valence-electron chi connectivity index (χ1n) is 7.01. The lowest BCUT2D eigenvalue weighted by Crippen LogP contribution is -2.24. The molecular weight excluding hydrogens is 263 g/mol. The molecule has 1 unspecified atom stereocenters. The van der Waals surface area contributed by atoms with Gasteiger partial charge in [0.1, 0.15) is 5.82 Å². The molecule has 2 heteroatoms. The summed E-state index contributed by atoms with van der Waals surface area (Å²) in [6.07, 6.45) is 0.450. The molecule has 0 saturated carbocycles. The van der Waals surface area contributed by atoms with Gasteiger partial charge in [-0.15, -0.1) is 0 Å². The zero-order valence-electron chi connectivity index (χ0n) is 11.9. The van der Waals surface area contributed by atoms with Crippen LogP contribution in [0.1, 0.15) is 18.1 Å². The summed E-state index contributed by atoms with van der Waals surface area (Å²) in [6.45, 7) is 1.79. The van der Waals surface area contributed by atoms with Crippen molar-refractivity contribution < 1.29 is 9.50 Å². The first-order valence-corrected chi connectivity index (χ1v) is 7.01.